The lowest BCUT2D eigenvalue weighted by Crippen LogP contribution is -2.36. The summed E-state index contributed by atoms with van der Waals surface area (Å²) in [5.41, 5.74) is 6.37. The van der Waals surface area contributed by atoms with Gasteiger partial charge in [0.15, 0.2) is 0 Å². The molecule has 0 aliphatic carbocycles. The van der Waals surface area contributed by atoms with E-state index in [0.717, 1.165) is 31.6 Å². The van der Waals surface area contributed by atoms with Gasteiger partial charge in [-0.05, 0) is 31.5 Å². The number of aryl methyl sites for hydroxylation is 1. The maximum absolute atomic E-state index is 12.7. The Bertz CT molecular complexity index is 545. The van der Waals surface area contributed by atoms with Crippen LogP contribution in [0.4, 0.5) is 0 Å². The van der Waals surface area contributed by atoms with Gasteiger partial charge in [-0.25, -0.2) is 8.42 Å². The van der Waals surface area contributed by atoms with Crippen molar-refractivity contribution >= 4 is 10.0 Å². The van der Waals surface area contributed by atoms with Gasteiger partial charge in [0.25, 0.3) is 0 Å². The van der Waals surface area contributed by atoms with Crippen LogP contribution in [-0.4, -0.2) is 56.9 Å². The van der Waals surface area contributed by atoms with E-state index in [2.05, 4.69) is 4.90 Å². The molecule has 1 aliphatic rings. The Hall–Kier alpha value is -0.950. The predicted octanol–water partition coefficient (Wildman–Crippen LogP) is 0.650. The molecule has 0 bridgehead atoms. The van der Waals surface area contributed by atoms with E-state index in [9.17, 15) is 8.42 Å². The van der Waals surface area contributed by atoms with Crippen LogP contribution >= 0.6 is 0 Å². The number of nitrogens with two attached hydrogens (primary N) is 1. The van der Waals surface area contributed by atoms with E-state index in [0.29, 0.717) is 24.5 Å². The second kappa shape index (κ2) is 6.67. The van der Waals surface area contributed by atoms with Crippen molar-refractivity contribution in [1.82, 2.24) is 9.21 Å². The molecule has 0 atom stereocenters. The summed E-state index contributed by atoms with van der Waals surface area (Å²) in [4.78, 5) is 2.65. The Balaban J connectivity index is 2.16. The van der Waals surface area contributed by atoms with E-state index in [-0.39, 0.29) is 0 Å². The number of hydrogen-bond donors (Lipinski definition) is 1. The summed E-state index contributed by atoms with van der Waals surface area (Å²) in [6, 6.07) is 7.16. The van der Waals surface area contributed by atoms with Crippen LogP contribution in [0.15, 0.2) is 29.2 Å². The van der Waals surface area contributed by atoms with Crippen molar-refractivity contribution in [3.63, 3.8) is 0 Å². The highest BCUT2D eigenvalue weighted by atomic mass is 32.2. The molecule has 1 aromatic carbocycles. The third-order valence-corrected chi connectivity index (χ3v) is 5.76. The molecule has 0 radical (unpaired) electrons. The number of hydrogen-bond acceptors (Lipinski definition) is 4. The summed E-state index contributed by atoms with van der Waals surface area (Å²) >= 11 is 0. The van der Waals surface area contributed by atoms with Crippen molar-refractivity contribution in [2.24, 2.45) is 5.73 Å². The topological polar surface area (TPSA) is 66.6 Å². The van der Waals surface area contributed by atoms with Crippen LogP contribution < -0.4 is 5.73 Å². The number of sulfonamides is 1. The van der Waals surface area contributed by atoms with Crippen LogP contribution in [0.25, 0.3) is 0 Å². The molecule has 6 heteroatoms. The molecule has 1 heterocycles. The molecule has 0 unspecified atom stereocenters. The Labute approximate surface area is 121 Å². The van der Waals surface area contributed by atoms with Crippen LogP contribution in [0.3, 0.4) is 0 Å². The van der Waals surface area contributed by atoms with Gasteiger partial charge in [-0.1, -0.05) is 18.2 Å². The van der Waals surface area contributed by atoms with Gasteiger partial charge in [-0.3, -0.25) is 0 Å². The highest BCUT2D eigenvalue weighted by Gasteiger charge is 2.27. The molecule has 2 N–H and O–H groups in total. The van der Waals surface area contributed by atoms with E-state index < -0.39 is 10.0 Å². The number of nitrogens with zero attached hydrogens (tertiary/aromatic N) is 2. The first-order chi connectivity index (χ1) is 9.55. The van der Waals surface area contributed by atoms with Gasteiger partial charge >= 0.3 is 0 Å². The minimum absolute atomic E-state index is 0.423. The fourth-order valence-corrected chi connectivity index (χ4v) is 4.27. The SMILES string of the molecule is Cc1ccccc1S(=O)(=O)N1CCCN(CCN)CC1. The molecule has 0 saturated carbocycles. The summed E-state index contributed by atoms with van der Waals surface area (Å²) in [5, 5.41) is 0. The highest BCUT2D eigenvalue weighted by molar-refractivity contribution is 7.89. The summed E-state index contributed by atoms with van der Waals surface area (Å²) in [6.07, 6.45) is 0.852. The normalized spacial score (nSPS) is 18.9. The van der Waals surface area contributed by atoms with Crippen LogP contribution in [0.5, 0.6) is 0 Å². The van der Waals surface area contributed by atoms with Crippen LogP contribution in [0.1, 0.15) is 12.0 Å². The molecule has 1 saturated heterocycles. The lowest BCUT2D eigenvalue weighted by atomic mass is 10.2. The monoisotopic (exact) mass is 297 g/mol. The molecular formula is C14H23N3O2S. The predicted molar refractivity (Wildman–Crippen MR) is 80.0 cm³/mol. The largest absolute Gasteiger partial charge is 0.329 e. The van der Waals surface area contributed by atoms with E-state index >= 15 is 0 Å². The third-order valence-electron chi connectivity index (χ3n) is 3.70. The minimum Gasteiger partial charge on any atom is -0.329 e. The summed E-state index contributed by atoms with van der Waals surface area (Å²) in [6.45, 7) is 6.07. The first-order valence-electron chi connectivity index (χ1n) is 7.04. The molecule has 0 amide bonds. The van der Waals surface area contributed by atoms with Crippen molar-refractivity contribution in [1.29, 1.82) is 0 Å². The zero-order chi connectivity index (χ0) is 14.6. The smallest absolute Gasteiger partial charge is 0.243 e. The van der Waals surface area contributed by atoms with Gasteiger partial charge < -0.3 is 10.6 Å². The van der Waals surface area contributed by atoms with Crippen molar-refractivity contribution in [2.45, 2.75) is 18.2 Å². The van der Waals surface area contributed by atoms with Gasteiger partial charge in [0.05, 0.1) is 4.90 Å². The molecular weight excluding hydrogens is 274 g/mol. The van der Waals surface area contributed by atoms with Gasteiger partial charge in [-0.15, -0.1) is 0 Å². The van der Waals surface area contributed by atoms with Crippen molar-refractivity contribution in [3.8, 4) is 0 Å². The number of rotatable bonds is 4. The maximum Gasteiger partial charge on any atom is 0.243 e. The molecule has 0 spiro atoms. The van der Waals surface area contributed by atoms with Crippen molar-refractivity contribution in [2.75, 3.05) is 39.3 Å². The van der Waals surface area contributed by atoms with Gasteiger partial charge in [0.2, 0.25) is 10.0 Å². The maximum atomic E-state index is 12.7. The van der Waals surface area contributed by atoms with Crippen molar-refractivity contribution in [3.05, 3.63) is 29.8 Å². The van der Waals surface area contributed by atoms with Crippen LogP contribution in [0.2, 0.25) is 0 Å². The Morgan fingerprint density at radius 1 is 1.15 bits per heavy atom. The van der Waals surface area contributed by atoms with E-state index in [1.807, 2.05) is 19.1 Å². The molecule has 1 aliphatic heterocycles. The lowest BCUT2D eigenvalue weighted by molar-refractivity contribution is 0.294. The zero-order valence-corrected chi connectivity index (χ0v) is 12.8. The average molecular weight is 297 g/mol. The lowest BCUT2D eigenvalue weighted by Gasteiger charge is -2.22. The molecule has 1 aromatic rings. The summed E-state index contributed by atoms with van der Waals surface area (Å²) < 4.78 is 27.0. The number of benzene rings is 1. The Kier molecular flexibility index (Phi) is 5.15. The third kappa shape index (κ3) is 3.38. The molecule has 112 valence electrons. The molecule has 2 rings (SSSR count). The standard InChI is InChI=1S/C14H23N3O2S/c1-13-5-2-3-6-14(13)20(18,19)17-9-4-8-16(10-7-15)11-12-17/h2-3,5-6H,4,7-12,15H2,1H3. The Morgan fingerprint density at radius 3 is 2.60 bits per heavy atom. The minimum atomic E-state index is -3.38. The van der Waals surface area contributed by atoms with Gasteiger partial charge in [-0.2, -0.15) is 4.31 Å². The second-order valence-corrected chi connectivity index (χ2v) is 7.06. The fourth-order valence-electron chi connectivity index (χ4n) is 2.58. The van der Waals surface area contributed by atoms with Gasteiger partial charge in [0.1, 0.15) is 0 Å². The Morgan fingerprint density at radius 2 is 1.90 bits per heavy atom. The van der Waals surface area contributed by atoms with Crippen LogP contribution in [-0.2, 0) is 10.0 Å². The quantitative estimate of drug-likeness (QED) is 0.886. The molecule has 1 fully saturated rings. The van der Waals surface area contributed by atoms with E-state index in [4.69, 9.17) is 5.73 Å². The first-order valence-corrected chi connectivity index (χ1v) is 8.48. The summed E-state index contributed by atoms with van der Waals surface area (Å²) in [7, 11) is -3.38. The fraction of sp³-hybridized carbons (Fsp3) is 0.571. The zero-order valence-electron chi connectivity index (χ0n) is 12.0. The van der Waals surface area contributed by atoms with Gasteiger partial charge in [0, 0.05) is 32.7 Å². The van der Waals surface area contributed by atoms with E-state index in [1.165, 1.54) is 0 Å². The molecule has 5 nitrogen and oxygen atoms in total. The summed E-state index contributed by atoms with van der Waals surface area (Å²) in [5.74, 6) is 0. The first kappa shape index (κ1) is 15.4. The molecule has 20 heavy (non-hydrogen) atoms. The average Bonchev–Trinajstić information content (AvgIpc) is 2.65. The highest BCUT2D eigenvalue weighted by Crippen LogP contribution is 2.20. The second-order valence-electron chi connectivity index (χ2n) is 5.15. The van der Waals surface area contributed by atoms with Crippen molar-refractivity contribution < 1.29 is 8.42 Å². The van der Waals surface area contributed by atoms with Crippen LogP contribution in [0, 0.1) is 6.92 Å². The van der Waals surface area contributed by atoms with E-state index in [1.54, 1.807) is 16.4 Å². The molecule has 0 aromatic heterocycles.